The molecule has 0 aliphatic heterocycles. The number of carbonyl (C=O) groups excluding carboxylic acids is 2. The van der Waals surface area contributed by atoms with Crippen molar-refractivity contribution in [2.45, 2.75) is 13.5 Å². The van der Waals surface area contributed by atoms with Crippen LogP contribution < -0.4 is 5.32 Å². The predicted molar refractivity (Wildman–Crippen MR) is 96.4 cm³/mol. The molecule has 3 rings (SSSR count). The Bertz CT molecular complexity index is 989. The average Bonchev–Trinajstić information content (AvgIpc) is 3.04. The van der Waals surface area contributed by atoms with E-state index < -0.39 is 18.5 Å². The van der Waals surface area contributed by atoms with Crippen LogP contribution in [0, 0.1) is 0 Å². The van der Waals surface area contributed by atoms with Crippen LogP contribution in [0.15, 0.2) is 30.5 Å². The van der Waals surface area contributed by atoms with E-state index in [4.69, 9.17) is 27.9 Å². The number of nitrogens with one attached hydrogen (secondary N) is 1. The molecule has 0 spiro atoms. The number of aromatic nitrogens is 4. The molecule has 0 saturated carbocycles. The molecular weight excluding hydrogens is 381 g/mol. The molecule has 2 aromatic heterocycles. The molecule has 0 aliphatic rings. The van der Waals surface area contributed by atoms with Gasteiger partial charge in [0.1, 0.15) is 5.52 Å². The zero-order chi connectivity index (χ0) is 18.7. The quantitative estimate of drug-likeness (QED) is 0.668. The maximum absolute atomic E-state index is 12.1. The third-order valence-corrected chi connectivity index (χ3v) is 3.94. The van der Waals surface area contributed by atoms with E-state index in [0.29, 0.717) is 17.1 Å². The molecule has 10 heteroatoms. The van der Waals surface area contributed by atoms with E-state index in [1.165, 1.54) is 12.3 Å². The van der Waals surface area contributed by atoms with E-state index >= 15 is 0 Å². The van der Waals surface area contributed by atoms with Crippen LogP contribution in [0.2, 0.25) is 10.0 Å². The van der Waals surface area contributed by atoms with Crippen molar-refractivity contribution in [1.29, 1.82) is 0 Å². The minimum Gasteiger partial charge on any atom is -0.452 e. The number of ether oxygens (including phenoxy) is 1. The number of hydrogen-bond acceptors (Lipinski definition) is 6. The standard InChI is InChI=1S/C16H13Cl2N5O3/c1-2-23-13-4-3-9(5-12(13)21-22-23)16(25)26-8-14(24)20-15-11(18)6-10(17)7-19-15/h3-7H,2,8H2,1H3,(H,19,20,24). The summed E-state index contributed by atoms with van der Waals surface area (Å²) in [5.74, 6) is -1.09. The number of benzene rings is 1. The monoisotopic (exact) mass is 393 g/mol. The molecule has 2 heterocycles. The molecule has 0 saturated heterocycles. The Morgan fingerprint density at radius 2 is 2.08 bits per heavy atom. The smallest absolute Gasteiger partial charge is 0.338 e. The molecule has 1 aromatic carbocycles. The number of halogens is 2. The lowest BCUT2D eigenvalue weighted by atomic mass is 10.2. The lowest BCUT2D eigenvalue weighted by Crippen LogP contribution is -2.21. The number of esters is 1. The van der Waals surface area contributed by atoms with Gasteiger partial charge < -0.3 is 10.1 Å². The Morgan fingerprint density at radius 1 is 1.27 bits per heavy atom. The summed E-state index contributed by atoms with van der Waals surface area (Å²) in [5, 5.41) is 10.9. The number of anilines is 1. The van der Waals surface area contributed by atoms with E-state index in [-0.39, 0.29) is 16.4 Å². The lowest BCUT2D eigenvalue weighted by molar-refractivity contribution is -0.119. The van der Waals surface area contributed by atoms with Crippen LogP contribution in [-0.4, -0.2) is 38.5 Å². The van der Waals surface area contributed by atoms with Crippen LogP contribution in [0.25, 0.3) is 11.0 Å². The summed E-state index contributed by atoms with van der Waals surface area (Å²) in [6, 6.07) is 6.32. The molecule has 134 valence electrons. The summed E-state index contributed by atoms with van der Waals surface area (Å²) < 4.78 is 6.71. The van der Waals surface area contributed by atoms with Gasteiger partial charge in [-0.25, -0.2) is 14.5 Å². The first-order valence-electron chi connectivity index (χ1n) is 7.59. The number of pyridine rings is 1. The van der Waals surface area contributed by atoms with Crippen LogP contribution in [0.4, 0.5) is 5.82 Å². The number of aryl methyl sites for hydroxylation is 1. The molecule has 1 N–H and O–H groups in total. The van der Waals surface area contributed by atoms with Gasteiger partial charge >= 0.3 is 5.97 Å². The first-order chi connectivity index (χ1) is 12.5. The molecule has 26 heavy (non-hydrogen) atoms. The van der Waals surface area contributed by atoms with Crippen molar-refractivity contribution in [3.63, 3.8) is 0 Å². The molecule has 0 atom stereocenters. The molecule has 8 nitrogen and oxygen atoms in total. The molecule has 1 amide bonds. The molecule has 3 aromatic rings. The van der Waals surface area contributed by atoms with Crippen molar-refractivity contribution >= 4 is 51.9 Å². The topological polar surface area (TPSA) is 99.0 Å². The SMILES string of the molecule is CCn1nnc2cc(C(=O)OCC(=O)Nc3ncc(Cl)cc3Cl)ccc21. The van der Waals surface area contributed by atoms with E-state index in [9.17, 15) is 9.59 Å². The van der Waals surface area contributed by atoms with E-state index in [1.807, 2.05) is 6.92 Å². The maximum atomic E-state index is 12.1. The van der Waals surface area contributed by atoms with Gasteiger partial charge in [0.05, 0.1) is 21.1 Å². The third kappa shape index (κ3) is 3.92. The Kier molecular flexibility index (Phi) is 5.34. The van der Waals surface area contributed by atoms with Gasteiger partial charge in [0, 0.05) is 12.7 Å². The van der Waals surface area contributed by atoms with Crippen LogP contribution in [0.3, 0.4) is 0 Å². The number of amides is 1. The lowest BCUT2D eigenvalue weighted by Gasteiger charge is -2.07. The fraction of sp³-hybridized carbons (Fsp3) is 0.188. The van der Waals surface area contributed by atoms with Crippen LogP contribution in [0.1, 0.15) is 17.3 Å². The highest BCUT2D eigenvalue weighted by molar-refractivity contribution is 6.36. The summed E-state index contributed by atoms with van der Waals surface area (Å²) in [6.07, 6.45) is 1.34. The van der Waals surface area contributed by atoms with Gasteiger partial charge in [-0.2, -0.15) is 0 Å². The second-order valence-electron chi connectivity index (χ2n) is 5.22. The van der Waals surface area contributed by atoms with Crippen LogP contribution in [0.5, 0.6) is 0 Å². The van der Waals surface area contributed by atoms with Gasteiger partial charge in [-0.1, -0.05) is 28.4 Å². The largest absolute Gasteiger partial charge is 0.452 e. The predicted octanol–water partition coefficient (Wildman–Crippen LogP) is 2.95. The molecule has 0 bridgehead atoms. The number of rotatable bonds is 5. The normalized spacial score (nSPS) is 10.7. The number of nitrogens with zero attached hydrogens (tertiary/aromatic N) is 4. The Labute approximate surface area is 158 Å². The van der Waals surface area contributed by atoms with Gasteiger partial charge in [0.2, 0.25) is 0 Å². The first-order valence-corrected chi connectivity index (χ1v) is 8.34. The Hall–Kier alpha value is -2.71. The van der Waals surface area contributed by atoms with E-state index in [0.717, 1.165) is 5.52 Å². The molecule has 0 radical (unpaired) electrons. The zero-order valence-electron chi connectivity index (χ0n) is 13.6. The first kappa shape index (κ1) is 18.1. The highest BCUT2D eigenvalue weighted by Crippen LogP contribution is 2.22. The highest BCUT2D eigenvalue weighted by atomic mass is 35.5. The fourth-order valence-electron chi connectivity index (χ4n) is 2.22. The van der Waals surface area contributed by atoms with Crippen molar-refractivity contribution in [3.05, 3.63) is 46.1 Å². The maximum Gasteiger partial charge on any atom is 0.338 e. The second-order valence-corrected chi connectivity index (χ2v) is 6.06. The summed E-state index contributed by atoms with van der Waals surface area (Å²) in [5.41, 5.74) is 1.66. The van der Waals surface area contributed by atoms with Gasteiger partial charge in [-0.05, 0) is 31.2 Å². The summed E-state index contributed by atoms with van der Waals surface area (Å²) >= 11 is 11.7. The van der Waals surface area contributed by atoms with Crippen molar-refractivity contribution in [1.82, 2.24) is 20.0 Å². The van der Waals surface area contributed by atoms with Crippen molar-refractivity contribution in [3.8, 4) is 0 Å². The molecular formula is C16H13Cl2N5O3. The average molecular weight is 394 g/mol. The molecule has 0 fully saturated rings. The highest BCUT2D eigenvalue weighted by Gasteiger charge is 2.14. The van der Waals surface area contributed by atoms with Crippen molar-refractivity contribution in [2.75, 3.05) is 11.9 Å². The minimum atomic E-state index is -0.650. The summed E-state index contributed by atoms with van der Waals surface area (Å²) in [6.45, 7) is 2.12. The molecule has 0 unspecified atom stereocenters. The van der Waals surface area contributed by atoms with E-state index in [1.54, 1.807) is 22.9 Å². The van der Waals surface area contributed by atoms with Crippen molar-refractivity contribution < 1.29 is 14.3 Å². The number of carbonyl (C=O) groups is 2. The second kappa shape index (κ2) is 7.67. The number of hydrogen-bond donors (Lipinski definition) is 1. The van der Waals surface area contributed by atoms with Crippen molar-refractivity contribution in [2.24, 2.45) is 0 Å². The van der Waals surface area contributed by atoms with Gasteiger partial charge in [0.25, 0.3) is 5.91 Å². The number of fused-ring (bicyclic) bond motifs is 1. The Morgan fingerprint density at radius 3 is 2.81 bits per heavy atom. The van der Waals surface area contributed by atoms with Crippen LogP contribution >= 0.6 is 23.2 Å². The Balaban J connectivity index is 1.62. The summed E-state index contributed by atoms with van der Waals surface area (Å²) in [4.78, 5) is 27.9. The summed E-state index contributed by atoms with van der Waals surface area (Å²) in [7, 11) is 0. The molecule has 0 aliphatic carbocycles. The third-order valence-electron chi connectivity index (χ3n) is 3.45. The van der Waals surface area contributed by atoms with Crippen LogP contribution in [-0.2, 0) is 16.1 Å². The van der Waals surface area contributed by atoms with E-state index in [2.05, 4.69) is 20.6 Å². The zero-order valence-corrected chi connectivity index (χ0v) is 15.1. The van der Waals surface area contributed by atoms with Gasteiger partial charge in [-0.15, -0.1) is 5.10 Å². The van der Waals surface area contributed by atoms with Gasteiger partial charge in [-0.3, -0.25) is 4.79 Å². The fourth-order valence-corrected chi connectivity index (χ4v) is 2.65. The van der Waals surface area contributed by atoms with Gasteiger partial charge in [0.15, 0.2) is 12.4 Å². The minimum absolute atomic E-state index is 0.134.